The molecule has 0 bridgehead atoms. The van der Waals surface area contributed by atoms with Crippen molar-refractivity contribution >= 4 is 17.6 Å². The highest BCUT2D eigenvalue weighted by atomic mass is 19.4. The van der Waals surface area contributed by atoms with E-state index in [0.717, 1.165) is 34.5 Å². The van der Waals surface area contributed by atoms with Crippen molar-refractivity contribution in [2.75, 3.05) is 11.9 Å². The van der Waals surface area contributed by atoms with Crippen LogP contribution in [0.4, 0.5) is 29.5 Å². The topological polar surface area (TPSA) is 125 Å². The molecule has 2 heterocycles. The van der Waals surface area contributed by atoms with Crippen LogP contribution in [0.5, 0.6) is 0 Å². The van der Waals surface area contributed by atoms with Crippen molar-refractivity contribution < 1.29 is 31.7 Å². The predicted molar refractivity (Wildman–Crippen MR) is 119 cm³/mol. The molecule has 4 aromatic rings. The number of anilines is 1. The van der Waals surface area contributed by atoms with Gasteiger partial charge in [-0.15, -0.1) is 0 Å². The largest absolute Gasteiger partial charge is 0.424 e. The van der Waals surface area contributed by atoms with Crippen molar-refractivity contribution in [3.05, 3.63) is 82.6 Å². The van der Waals surface area contributed by atoms with Crippen LogP contribution in [-0.2, 0) is 6.18 Å². The molecule has 0 aliphatic carbocycles. The van der Waals surface area contributed by atoms with Crippen LogP contribution in [0.15, 0.2) is 63.8 Å². The van der Waals surface area contributed by atoms with Crippen LogP contribution in [0, 0.1) is 13.8 Å². The van der Waals surface area contributed by atoms with Crippen LogP contribution < -0.4 is 15.7 Å². The third-order valence-electron chi connectivity index (χ3n) is 5.28. The minimum absolute atomic E-state index is 0.0563. The van der Waals surface area contributed by atoms with Gasteiger partial charge in [-0.3, -0.25) is 4.79 Å². The maximum atomic E-state index is 12.9. The SMILES string of the molecule is Cc1noc(C)c1-c1ccc([C@H](CN)[n+]2cc([N-]C(=O)Nc3cccc(C(F)(F)F)c3)on2)cc1. The van der Waals surface area contributed by atoms with Crippen molar-refractivity contribution in [1.29, 1.82) is 0 Å². The molecule has 2 aromatic carbocycles. The summed E-state index contributed by atoms with van der Waals surface area (Å²) in [5.74, 6) is 0.575. The number of urea groups is 1. The summed E-state index contributed by atoms with van der Waals surface area (Å²) in [6.07, 6.45) is -3.15. The number of nitrogens with one attached hydrogen (secondary N) is 1. The average molecular weight is 486 g/mol. The number of rotatable bonds is 6. The van der Waals surface area contributed by atoms with Gasteiger partial charge in [0.2, 0.25) is 18.1 Å². The Balaban J connectivity index is 1.45. The molecule has 2 amide bonds. The van der Waals surface area contributed by atoms with Crippen LogP contribution in [0.2, 0.25) is 0 Å². The second-order valence-corrected chi connectivity index (χ2v) is 7.71. The number of aromatic nitrogens is 3. The van der Waals surface area contributed by atoms with E-state index in [-0.39, 0.29) is 18.1 Å². The molecule has 0 saturated heterocycles. The second-order valence-electron chi connectivity index (χ2n) is 7.71. The summed E-state index contributed by atoms with van der Waals surface area (Å²) in [5.41, 5.74) is 8.48. The zero-order chi connectivity index (χ0) is 25.2. The van der Waals surface area contributed by atoms with E-state index in [4.69, 9.17) is 14.8 Å². The number of benzene rings is 2. The maximum Gasteiger partial charge on any atom is 0.416 e. The molecule has 0 aliphatic heterocycles. The Bertz CT molecular complexity index is 1310. The Morgan fingerprint density at radius 2 is 1.91 bits per heavy atom. The van der Waals surface area contributed by atoms with E-state index in [2.05, 4.69) is 21.1 Å². The molecular weight excluding hydrogens is 465 g/mol. The molecule has 9 nitrogen and oxygen atoms in total. The van der Waals surface area contributed by atoms with Gasteiger partial charge in [-0.05, 0) is 35.8 Å². The average Bonchev–Trinajstić information content (AvgIpc) is 3.40. The van der Waals surface area contributed by atoms with Gasteiger partial charge in [-0.1, -0.05) is 47.6 Å². The molecule has 0 aliphatic rings. The van der Waals surface area contributed by atoms with Gasteiger partial charge in [0, 0.05) is 11.1 Å². The lowest BCUT2D eigenvalue weighted by molar-refractivity contribution is -0.775. The highest BCUT2D eigenvalue weighted by Crippen LogP contribution is 2.31. The van der Waals surface area contributed by atoms with Crippen LogP contribution in [-0.4, -0.2) is 23.0 Å². The quantitative estimate of drug-likeness (QED) is 0.368. The summed E-state index contributed by atoms with van der Waals surface area (Å²) < 4.78 is 50.3. The van der Waals surface area contributed by atoms with Crippen LogP contribution in [0.25, 0.3) is 16.4 Å². The lowest BCUT2D eigenvalue weighted by Gasteiger charge is -2.15. The van der Waals surface area contributed by atoms with Gasteiger partial charge in [0.25, 0.3) is 0 Å². The number of hydrogen-bond acceptors (Lipinski definition) is 6. The number of halogens is 3. The van der Waals surface area contributed by atoms with Gasteiger partial charge in [0.05, 0.1) is 17.8 Å². The van der Waals surface area contributed by atoms with Crippen LogP contribution >= 0.6 is 0 Å². The van der Waals surface area contributed by atoms with Crippen molar-refractivity contribution in [1.82, 2.24) is 10.4 Å². The minimum atomic E-state index is -4.53. The molecular formula is C23H21F3N6O3. The van der Waals surface area contributed by atoms with Crippen molar-refractivity contribution in [2.24, 2.45) is 5.73 Å². The highest BCUT2D eigenvalue weighted by Gasteiger charge is 2.30. The normalized spacial score (nSPS) is 12.4. The lowest BCUT2D eigenvalue weighted by atomic mass is 10.00. The molecule has 2 aromatic heterocycles. The number of nitrogens with zero attached hydrogens (tertiary/aromatic N) is 4. The summed E-state index contributed by atoms with van der Waals surface area (Å²) >= 11 is 0. The molecule has 4 rings (SSSR count). The van der Waals surface area contributed by atoms with E-state index in [1.54, 1.807) is 0 Å². The maximum absolute atomic E-state index is 12.9. The van der Waals surface area contributed by atoms with Gasteiger partial charge in [-0.25, -0.2) is 0 Å². The zero-order valence-corrected chi connectivity index (χ0v) is 18.7. The van der Waals surface area contributed by atoms with E-state index in [1.807, 2.05) is 38.1 Å². The van der Waals surface area contributed by atoms with E-state index in [0.29, 0.717) is 5.76 Å². The number of alkyl halides is 3. The standard InChI is InChI=1S/C23H21F3N6O3/c1-13-21(14(2)34-30-13)16-8-6-15(7-9-16)19(11-27)32-12-20(35-31-32)29-22(33)28-18-5-3-4-17(10-18)23(24,25)26/h3-10,12,19H,11,27H2,1-2H3,(H-,28,29,31,33)/t19-/m0/s1. The van der Waals surface area contributed by atoms with Gasteiger partial charge in [-0.2, -0.15) is 13.2 Å². The molecule has 0 spiro atoms. The van der Waals surface area contributed by atoms with Gasteiger partial charge in [0.1, 0.15) is 5.76 Å². The number of aryl methyl sites for hydroxylation is 2. The van der Waals surface area contributed by atoms with Gasteiger partial charge < -0.3 is 25.4 Å². The van der Waals surface area contributed by atoms with E-state index in [9.17, 15) is 18.0 Å². The molecule has 3 N–H and O–H groups in total. The zero-order valence-electron chi connectivity index (χ0n) is 18.7. The van der Waals surface area contributed by atoms with Gasteiger partial charge >= 0.3 is 6.18 Å². The summed E-state index contributed by atoms with van der Waals surface area (Å²) in [4.78, 5) is 12.2. The molecule has 1 atom stereocenters. The first-order valence-electron chi connectivity index (χ1n) is 10.5. The molecule has 0 fully saturated rings. The number of hydrogen-bond donors (Lipinski definition) is 2. The molecule has 182 valence electrons. The third kappa shape index (κ3) is 5.32. The number of amides is 2. The smallest absolute Gasteiger partial charge is 0.416 e. The fourth-order valence-corrected chi connectivity index (χ4v) is 3.63. The molecule has 0 unspecified atom stereocenters. The first kappa shape index (κ1) is 24.0. The van der Waals surface area contributed by atoms with E-state index < -0.39 is 23.8 Å². The summed E-state index contributed by atoms with van der Waals surface area (Å²) in [7, 11) is 0. The van der Waals surface area contributed by atoms with Crippen molar-refractivity contribution in [3.8, 4) is 11.1 Å². The predicted octanol–water partition coefficient (Wildman–Crippen LogP) is 5.04. The van der Waals surface area contributed by atoms with Gasteiger partial charge in [0.15, 0.2) is 11.3 Å². The van der Waals surface area contributed by atoms with Crippen molar-refractivity contribution in [2.45, 2.75) is 26.1 Å². The Morgan fingerprint density at radius 1 is 1.17 bits per heavy atom. The number of carbonyl (C=O) groups is 1. The number of carbonyl (C=O) groups excluding carboxylic acids is 1. The Morgan fingerprint density at radius 3 is 2.54 bits per heavy atom. The first-order valence-corrected chi connectivity index (χ1v) is 10.5. The summed E-state index contributed by atoms with van der Waals surface area (Å²) in [6, 6.07) is 10.5. The Labute approximate surface area is 197 Å². The summed E-state index contributed by atoms with van der Waals surface area (Å²) in [5, 5.41) is 13.8. The fraction of sp³-hybridized carbons (Fsp3) is 0.217. The molecule has 0 saturated carbocycles. The van der Waals surface area contributed by atoms with Crippen molar-refractivity contribution in [3.63, 3.8) is 0 Å². The monoisotopic (exact) mass is 486 g/mol. The molecule has 0 radical (unpaired) electrons. The Hall–Kier alpha value is -4.19. The van der Waals surface area contributed by atoms with Crippen LogP contribution in [0.1, 0.15) is 28.6 Å². The summed E-state index contributed by atoms with van der Waals surface area (Å²) in [6.45, 7) is 3.88. The van der Waals surface area contributed by atoms with Crippen LogP contribution in [0.3, 0.4) is 0 Å². The minimum Gasteiger partial charge on any atom is -0.424 e. The fourth-order valence-electron chi connectivity index (χ4n) is 3.63. The lowest BCUT2D eigenvalue weighted by Crippen LogP contribution is -2.45. The molecule has 35 heavy (non-hydrogen) atoms. The van der Waals surface area contributed by atoms with E-state index in [1.165, 1.54) is 23.0 Å². The third-order valence-corrected chi connectivity index (χ3v) is 5.28. The highest BCUT2D eigenvalue weighted by molar-refractivity contribution is 6.03. The second kappa shape index (κ2) is 9.58. The first-order chi connectivity index (χ1) is 16.7. The molecule has 12 heteroatoms. The Kier molecular flexibility index (Phi) is 6.56. The number of nitrogens with two attached hydrogens (primary N) is 1. The van der Waals surface area contributed by atoms with E-state index >= 15 is 0 Å².